The molecule has 1 saturated heterocycles. The Labute approximate surface area is 186 Å². The highest BCUT2D eigenvalue weighted by Crippen LogP contribution is 2.26. The van der Waals surface area contributed by atoms with E-state index in [2.05, 4.69) is 50.0 Å². The molecule has 1 fully saturated rings. The van der Waals surface area contributed by atoms with E-state index in [1.807, 2.05) is 35.7 Å². The molecule has 0 radical (unpaired) electrons. The van der Waals surface area contributed by atoms with E-state index in [0.29, 0.717) is 5.75 Å². The van der Waals surface area contributed by atoms with Crippen molar-refractivity contribution in [2.24, 2.45) is 0 Å². The number of benzene rings is 1. The molecule has 1 aliphatic rings. The predicted molar refractivity (Wildman–Crippen MR) is 122 cm³/mol. The second kappa shape index (κ2) is 9.21. The topological polar surface area (TPSA) is 60.5 Å². The number of morpholine rings is 1. The Morgan fingerprint density at radius 1 is 0.968 bits per heavy atom. The van der Waals surface area contributed by atoms with Gasteiger partial charge in [0.05, 0.1) is 24.7 Å². The highest BCUT2D eigenvalue weighted by atomic mass is 32.2. The van der Waals surface area contributed by atoms with E-state index in [-0.39, 0.29) is 0 Å². The van der Waals surface area contributed by atoms with Gasteiger partial charge < -0.3 is 9.30 Å². The molecule has 0 saturated carbocycles. The van der Waals surface area contributed by atoms with Crippen molar-refractivity contribution in [2.45, 2.75) is 24.4 Å². The number of imidazole rings is 1. The molecular weight excluding hydrogens is 408 g/mol. The number of rotatable bonds is 7. The number of fused-ring (bicyclic) bond motifs is 1. The van der Waals surface area contributed by atoms with Crippen molar-refractivity contribution in [3.05, 3.63) is 66.2 Å². The van der Waals surface area contributed by atoms with Crippen LogP contribution in [0.3, 0.4) is 0 Å². The Morgan fingerprint density at radius 2 is 1.81 bits per heavy atom. The van der Waals surface area contributed by atoms with Crippen LogP contribution in [0.25, 0.3) is 16.9 Å². The fraction of sp³-hybridized carbons (Fsp3) is 0.348. The number of thioether (sulfide) groups is 1. The van der Waals surface area contributed by atoms with Crippen LogP contribution in [0.15, 0.2) is 59.9 Å². The molecule has 1 aromatic carbocycles. The van der Waals surface area contributed by atoms with Crippen molar-refractivity contribution in [2.75, 3.05) is 32.8 Å². The smallest absolute Gasteiger partial charge is 0.169 e. The summed E-state index contributed by atoms with van der Waals surface area (Å²) in [4.78, 5) is 12.1. The van der Waals surface area contributed by atoms with Gasteiger partial charge in [0.2, 0.25) is 0 Å². The normalized spacial score (nSPS) is 15.0. The molecule has 31 heavy (non-hydrogen) atoms. The first-order valence-electron chi connectivity index (χ1n) is 10.6. The van der Waals surface area contributed by atoms with Gasteiger partial charge in [-0.3, -0.25) is 4.90 Å². The van der Waals surface area contributed by atoms with Crippen LogP contribution in [0.5, 0.6) is 0 Å². The van der Waals surface area contributed by atoms with Crippen LogP contribution in [0.4, 0.5) is 0 Å². The first kappa shape index (κ1) is 20.2. The highest BCUT2D eigenvalue weighted by molar-refractivity contribution is 7.98. The summed E-state index contributed by atoms with van der Waals surface area (Å²) in [7, 11) is 0. The molecule has 0 amide bonds. The van der Waals surface area contributed by atoms with Crippen molar-refractivity contribution in [1.29, 1.82) is 0 Å². The summed E-state index contributed by atoms with van der Waals surface area (Å²) >= 11 is 1.69. The lowest BCUT2D eigenvalue weighted by atomic mass is 10.2. The number of aromatic nitrogens is 5. The summed E-state index contributed by atoms with van der Waals surface area (Å²) in [6, 6.07) is 16.4. The third-order valence-corrected chi connectivity index (χ3v) is 6.48. The third-order valence-electron chi connectivity index (χ3n) is 5.49. The first-order chi connectivity index (χ1) is 15.3. The van der Waals surface area contributed by atoms with Crippen LogP contribution in [0, 0.1) is 6.92 Å². The quantitative estimate of drug-likeness (QED) is 0.415. The van der Waals surface area contributed by atoms with Crippen LogP contribution in [-0.2, 0) is 17.0 Å². The Bertz CT molecular complexity index is 1150. The maximum atomic E-state index is 5.48. The molecule has 4 aromatic rings. The fourth-order valence-electron chi connectivity index (χ4n) is 3.77. The second-order valence-corrected chi connectivity index (χ2v) is 8.62. The number of hydrogen-bond acceptors (Lipinski definition) is 6. The molecular formula is C23H26N6OS. The van der Waals surface area contributed by atoms with Gasteiger partial charge in [0.1, 0.15) is 0 Å². The number of ether oxygens (including phenoxy) is 1. The maximum Gasteiger partial charge on any atom is 0.169 e. The zero-order valence-electron chi connectivity index (χ0n) is 17.6. The third kappa shape index (κ3) is 4.66. The van der Waals surface area contributed by atoms with Gasteiger partial charge in [0, 0.05) is 43.6 Å². The molecule has 0 bridgehead atoms. The van der Waals surface area contributed by atoms with Gasteiger partial charge in [-0.1, -0.05) is 48.2 Å². The summed E-state index contributed by atoms with van der Waals surface area (Å²) in [5, 5.41) is 5.67. The Balaban J connectivity index is 1.35. The number of hydrogen-bond donors (Lipinski definition) is 0. The zero-order chi connectivity index (χ0) is 21.0. The lowest BCUT2D eigenvalue weighted by Crippen LogP contribution is -2.38. The minimum atomic E-state index is 0.684. The molecule has 7 nitrogen and oxygen atoms in total. The molecule has 0 atom stereocenters. The van der Waals surface area contributed by atoms with Gasteiger partial charge in [-0.05, 0) is 19.1 Å². The van der Waals surface area contributed by atoms with E-state index < -0.39 is 0 Å². The standard InChI is InChI=1S/C23H26N6OS/c1-18-6-5-9-22-25-21(26-29(18)22)17-31-23-24-20(19-7-3-2-4-8-19)16-28(23)11-10-27-12-14-30-15-13-27/h2-9,16H,10-15,17H2,1H3. The van der Waals surface area contributed by atoms with Gasteiger partial charge in [-0.15, -0.1) is 0 Å². The lowest BCUT2D eigenvalue weighted by molar-refractivity contribution is 0.0361. The molecule has 4 heterocycles. The van der Waals surface area contributed by atoms with Crippen molar-refractivity contribution >= 4 is 17.4 Å². The SMILES string of the molecule is Cc1cccc2nc(CSc3nc(-c4ccccc4)cn3CCN3CCOCC3)nn12. The minimum absolute atomic E-state index is 0.684. The summed E-state index contributed by atoms with van der Waals surface area (Å²) in [5.74, 6) is 1.51. The van der Waals surface area contributed by atoms with Gasteiger partial charge in [0.15, 0.2) is 16.6 Å². The van der Waals surface area contributed by atoms with E-state index in [4.69, 9.17) is 9.72 Å². The molecule has 8 heteroatoms. The van der Waals surface area contributed by atoms with Crippen LogP contribution < -0.4 is 0 Å². The van der Waals surface area contributed by atoms with Crippen LogP contribution >= 0.6 is 11.8 Å². The molecule has 0 unspecified atom stereocenters. The van der Waals surface area contributed by atoms with Gasteiger partial charge in [-0.2, -0.15) is 5.10 Å². The lowest BCUT2D eigenvalue weighted by Gasteiger charge is -2.26. The zero-order valence-corrected chi connectivity index (χ0v) is 18.5. The van der Waals surface area contributed by atoms with Crippen molar-refractivity contribution < 1.29 is 4.74 Å². The monoisotopic (exact) mass is 434 g/mol. The van der Waals surface area contributed by atoms with Crippen LogP contribution in [0.2, 0.25) is 0 Å². The van der Waals surface area contributed by atoms with E-state index in [9.17, 15) is 0 Å². The first-order valence-corrected chi connectivity index (χ1v) is 11.6. The fourth-order valence-corrected chi connectivity index (χ4v) is 4.62. The van der Waals surface area contributed by atoms with Crippen molar-refractivity contribution in [3.63, 3.8) is 0 Å². The molecule has 3 aromatic heterocycles. The van der Waals surface area contributed by atoms with Gasteiger partial charge in [0.25, 0.3) is 0 Å². The largest absolute Gasteiger partial charge is 0.379 e. The van der Waals surface area contributed by atoms with E-state index in [1.54, 1.807) is 11.8 Å². The molecule has 1 aliphatic heterocycles. The second-order valence-electron chi connectivity index (χ2n) is 7.68. The van der Waals surface area contributed by atoms with E-state index in [0.717, 1.165) is 73.0 Å². The molecule has 0 N–H and O–H groups in total. The van der Waals surface area contributed by atoms with E-state index in [1.165, 1.54) is 0 Å². The Hall–Kier alpha value is -2.68. The van der Waals surface area contributed by atoms with Crippen LogP contribution in [-0.4, -0.2) is 61.9 Å². The highest BCUT2D eigenvalue weighted by Gasteiger charge is 2.15. The number of pyridine rings is 1. The summed E-state index contributed by atoms with van der Waals surface area (Å²) in [6.07, 6.45) is 2.17. The minimum Gasteiger partial charge on any atom is -0.379 e. The molecule has 160 valence electrons. The summed E-state index contributed by atoms with van der Waals surface area (Å²) in [6.45, 7) is 7.57. The van der Waals surface area contributed by atoms with Crippen molar-refractivity contribution in [3.8, 4) is 11.3 Å². The average Bonchev–Trinajstić information content (AvgIpc) is 3.42. The Kier molecular flexibility index (Phi) is 6.01. The summed E-state index contributed by atoms with van der Waals surface area (Å²) in [5.41, 5.74) is 4.11. The molecule has 5 rings (SSSR count). The predicted octanol–water partition coefficient (Wildman–Crippen LogP) is 3.53. The van der Waals surface area contributed by atoms with E-state index >= 15 is 0 Å². The molecule has 0 aliphatic carbocycles. The number of aryl methyl sites for hydroxylation is 1. The summed E-state index contributed by atoms with van der Waals surface area (Å²) < 4.78 is 9.64. The number of nitrogens with zero attached hydrogens (tertiary/aromatic N) is 6. The van der Waals surface area contributed by atoms with Gasteiger partial charge >= 0.3 is 0 Å². The van der Waals surface area contributed by atoms with Crippen molar-refractivity contribution in [1.82, 2.24) is 29.0 Å². The average molecular weight is 435 g/mol. The van der Waals surface area contributed by atoms with Crippen LogP contribution in [0.1, 0.15) is 11.5 Å². The molecule has 0 spiro atoms. The maximum absolute atomic E-state index is 5.48. The van der Waals surface area contributed by atoms with Gasteiger partial charge in [-0.25, -0.2) is 14.5 Å². The Morgan fingerprint density at radius 3 is 2.61 bits per heavy atom.